The molecule has 2 aromatic heterocycles. The number of nitrogens with one attached hydrogen (secondary N) is 1. The zero-order chi connectivity index (χ0) is 50.3. The van der Waals surface area contributed by atoms with E-state index in [1.54, 1.807) is 86.9 Å². The number of halogens is 6. The van der Waals surface area contributed by atoms with Crippen LogP contribution in [0.1, 0.15) is 77.3 Å². The van der Waals surface area contributed by atoms with Crippen LogP contribution in [0.3, 0.4) is 0 Å². The highest BCUT2D eigenvalue weighted by Crippen LogP contribution is 2.39. The Balaban J connectivity index is 0.000000188. The van der Waals surface area contributed by atoms with E-state index in [0.29, 0.717) is 69.4 Å². The molecule has 0 fully saturated rings. The summed E-state index contributed by atoms with van der Waals surface area (Å²) < 4.78 is 107. The summed E-state index contributed by atoms with van der Waals surface area (Å²) in [4.78, 5) is 19.3. The lowest BCUT2D eigenvalue weighted by molar-refractivity contribution is -0.275. The minimum atomic E-state index is -4.86. The molecule has 0 radical (unpaired) electrons. The van der Waals surface area contributed by atoms with Crippen molar-refractivity contribution in [2.24, 2.45) is 0 Å². The number of nitriles is 2. The van der Waals surface area contributed by atoms with Crippen molar-refractivity contribution in [1.82, 2.24) is 9.97 Å². The van der Waals surface area contributed by atoms with Crippen LogP contribution in [0, 0.1) is 36.5 Å². The van der Waals surface area contributed by atoms with Crippen molar-refractivity contribution in [3.63, 3.8) is 0 Å². The number of benzene rings is 4. The number of pyridine rings is 2. The molecular formula is C50H44F6N6O7. The van der Waals surface area contributed by atoms with Crippen LogP contribution >= 0.6 is 0 Å². The lowest BCUT2D eigenvalue weighted by Crippen LogP contribution is -2.36. The maximum atomic E-state index is 13.1. The van der Waals surface area contributed by atoms with Crippen LogP contribution in [0.2, 0.25) is 0 Å². The highest BCUT2D eigenvalue weighted by molar-refractivity contribution is 5.78. The Morgan fingerprint density at radius 2 is 1.13 bits per heavy atom. The molecule has 0 aliphatic carbocycles. The standard InChI is InChI=1S/C25H22F3N3O3.C14H9F3N2O.C11H13NO3/c1-15-23-20(14-32-24(2,3)34-23)19(12-30-15)13-31-21-9-8-18(10-22(21)33-25(26,27)28)17-6-4-16(11-29)5-7-17;15-14(16,17)20-13-7-11(5-6-12(13)19)10-3-1-9(8-18)2-4-10;1-7-10-9(8(5-13)4-12-7)6-14-11(2,3)15-10/h4-10,12,31H,13-14H2,1-3H3;1-7H,19H2;4-5H,6H2,1-3H3. The number of aromatic nitrogens is 2. The molecule has 358 valence electrons. The van der Waals surface area contributed by atoms with Crippen LogP contribution in [0.5, 0.6) is 23.0 Å². The lowest BCUT2D eigenvalue weighted by Gasteiger charge is -2.34. The summed E-state index contributed by atoms with van der Waals surface area (Å²) in [6.45, 7) is 11.8. The van der Waals surface area contributed by atoms with Crippen LogP contribution in [0.4, 0.5) is 37.7 Å². The number of hydrogen-bond acceptors (Lipinski definition) is 13. The van der Waals surface area contributed by atoms with Gasteiger partial charge in [0.05, 0.1) is 59.2 Å². The van der Waals surface area contributed by atoms with E-state index >= 15 is 0 Å². The molecule has 6 aromatic rings. The molecule has 4 heterocycles. The number of nitrogens with zero attached hydrogens (tertiary/aromatic N) is 4. The molecule has 69 heavy (non-hydrogen) atoms. The molecule has 19 heteroatoms. The summed E-state index contributed by atoms with van der Waals surface area (Å²) in [5, 5.41) is 20.7. The summed E-state index contributed by atoms with van der Waals surface area (Å²) >= 11 is 0. The Hall–Kier alpha value is -7.87. The van der Waals surface area contributed by atoms with Gasteiger partial charge in [0.1, 0.15) is 5.75 Å². The monoisotopic (exact) mass is 954 g/mol. The molecule has 0 atom stereocenters. The van der Waals surface area contributed by atoms with E-state index in [2.05, 4.69) is 24.8 Å². The zero-order valence-corrected chi connectivity index (χ0v) is 37.9. The van der Waals surface area contributed by atoms with Crippen molar-refractivity contribution >= 4 is 17.7 Å². The number of carbonyl (C=O) groups is 1. The first-order valence-electron chi connectivity index (χ1n) is 20.8. The van der Waals surface area contributed by atoms with Crippen LogP contribution in [-0.4, -0.2) is 40.6 Å². The SMILES string of the molecule is Cc1ncc(C=O)c2c1OC(C)(C)OC2.Cc1ncc(CNc2ccc(-c3ccc(C#N)cc3)cc2OC(F)(F)F)c2c1OC(C)(C)OC2.N#Cc1ccc(-c2ccc(N)c(OC(F)(F)F)c2)cc1. The van der Waals surface area contributed by atoms with Gasteiger partial charge in [0, 0.05) is 63.3 Å². The average Bonchev–Trinajstić information content (AvgIpc) is 3.29. The molecule has 2 aliphatic heterocycles. The second-order valence-electron chi connectivity index (χ2n) is 16.3. The van der Waals surface area contributed by atoms with Crippen molar-refractivity contribution in [2.45, 2.75) is 85.6 Å². The van der Waals surface area contributed by atoms with Crippen LogP contribution in [-0.2, 0) is 29.2 Å². The topological polar surface area (TPSA) is 184 Å². The Bertz CT molecular complexity index is 2910. The van der Waals surface area contributed by atoms with Crippen molar-refractivity contribution in [1.29, 1.82) is 10.5 Å². The summed E-state index contributed by atoms with van der Waals surface area (Å²) in [5.74, 6) is -0.952. The molecular weight excluding hydrogens is 911 g/mol. The van der Waals surface area contributed by atoms with Gasteiger partial charge in [0.25, 0.3) is 0 Å². The van der Waals surface area contributed by atoms with Gasteiger partial charge in [-0.2, -0.15) is 10.5 Å². The van der Waals surface area contributed by atoms with E-state index in [1.165, 1.54) is 24.3 Å². The van der Waals surface area contributed by atoms with E-state index in [4.69, 9.17) is 35.2 Å². The molecule has 2 aliphatic rings. The summed E-state index contributed by atoms with van der Waals surface area (Å²) in [6, 6.07) is 25.6. The zero-order valence-electron chi connectivity index (χ0n) is 37.9. The van der Waals surface area contributed by atoms with E-state index in [0.717, 1.165) is 28.7 Å². The van der Waals surface area contributed by atoms with Gasteiger partial charge >= 0.3 is 12.7 Å². The minimum Gasteiger partial charge on any atom is -0.461 e. The maximum Gasteiger partial charge on any atom is 0.573 e. The minimum absolute atomic E-state index is 0.0975. The first kappa shape index (κ1) is 50.5. The highest BCUT2D eigenvalue weighted by atomic mass is 19.4. The average molecular weight is 955 g/mol. The largest absolute Gasteiger partial charge is 0.573 e. The van der Waals surface area contributed by atoms with Crippen molar-refractivity contribution in [3.8, 4) is 57.4 Å². The third-order valence-corrected chi connectivity index (χ3v) is 10.3. The number of nitrogen functional groups attached to an aromatic ring is 1. The van der Waals surface area contributed by atoms with Gasteiger partial charge in [0.15, 0.2) is 23.5 Å². The third-order valence-electron chi connectivity index (χ3n) is 10.3. The molecule has 0 saturated carbocycles. The maximum absolute atomic E-state index is 13.1. The van der Waals surface area contributed by atoms with Gasteiger partial charge in [0.2, 0.25) is 11.6 Å². The first-order chi connectivity index (χ1) is 32.5. The Kier molecular flexibility index (Phi) is 15.1. The number of carbonyl (C=O) groups excluding carboxylic acids is 1. The van der Waals surface area contributed by atoms with Crippen molar-refractivity contribution < 1.29 is 59.6 Å². The molecule has 4 aromatic carbocycles. The van der Waals surface area contributed by atoms with Crippen LogP contribution in [0.15, 0.2) is 97.3 Å². The number of hydrogen-bond donors (Lipinski definition) is 2. The smallest absolute Gasteiger partial charge is 0.461 e. The normalized spacial score (nSPS) is 14.2. The first-order valence-corrected chi connectivity index (χ1v) is 20.8. The number of ether oxygens (including phenoxy) is 6. The fourth-order valence-corrected chi connectivity index (χ4v) is 6.85. The fraction of sp³-hybridized carbons (Fsp3) is 0.260. The van der Waals surface area contributed by atoms with Gasteiger partial charge in [-0.1, -0.05) is 36.4 Å². The Morgan fingerprint density at radius 1 is 0.681 bits per heavy atom. The number of aryl methyl sites for hydroxylation is 2. The van der Waals surface area contributed by atoms with E-state index in [-0.39, 0.29) is 23.7 Å². The number of anilines is 2. The predicted octanol–water partition coefficient (Wildman–Crippen LogP) is 11.6. The van der Waals surface area contributed by atoms with Gasteiger partial charge < -0.3 is 39.5 Å². The Labute approximate surface area is 393 Å². The van der Waals surface area contributed by atoms with Gasteiger partial charge in [-0.15, -0.1) is 26.3 Å². The van der Waals surface area contributed by atoms with E-state index in [9.17, 15) is 31.1 Å². The number of nitrogens with two attached hydrogens (primary N) is 1. The second kappa shape index (κ2) is 20.6. The highest BCUT2D eigenvalue weighted by Gasteiger charge is 2.35. The van der Waals surface area contributed by atoms with E-state index in [1.807, 2.05) is 39.8 Å². The fourth-order valence-electron chi connectivity index (χ4n) is 6.85. The molecule has 0 amide bonds. The number of alkyl halides is 6. The molecule has 0 spiro atoms. The second-order valence-corrected chi connectivity index (χ2v) is 16.3. The molecule has 13 nitrogen and oxygen atoms in total. The van der Waals surface area contributed by atoms with Crippen molar-refractivity contribution in [2.75, 3.05) is 11.1 Å². The van der Waals surface area contributed by atoms with Gasteiger partial charge in [-0.3, -0.25) is 14.8 Å². The quantitative estimate of drug-likeness (QED) is 0.0835. The van der Waals surface area contributed by atoms with Crippen LogP contribution in [0.25, 0.3) is 22.3 Å². The van der Waals surface area contributed by atoms with Gasteiger partial charge in [-0.25, -0.2) is 0 Å². The lowest BCUT2D eigenvalue weighted by atomic mass is 10.0. The molecule has 0 unspecified atom stereocenters. The molecule has 3 N–H and O–H groups in total. The van der Waals surface area contributed by atoms with Crippen LogP contribution < -0.4 is 30.0 Å². The molecule has 0 bridgehead atoms. The number of aldehydes is 1. The number of fused-ring (bicyclic) bond motifs is 2. The third kappa shape index (κ3) is 13.4. The van der Waals surface area contributed by atoms with Gasteiger partial charge in [-0.05, 0) is 90.2 Å². The summed E-state index contributed by atoms with van der Waals surface area (Å²) in [7, 11) is 0. The molecule has 8 rings (SSSR count). The Morgan fingerprint density at radius 3 is 1.64 bits per heavy atom. The van der Waals surface area contributed by atoms with E-state index < -0.39 is 30.0 Å². The predicted molar refractivity (Wildman–Crippen MR) is 241 cm³/mol. The van der Waals surface area contributed by atoms with Crippen molar-refractivity contribution in [3.05, 3.63) is 142 Å². The molecule has 0 saturated heterocycles. The number of rotatable bonds is 8. The summed E-state index contributed by atoms with van der Waals surface area (Å²) in [5.41, 5.74) is 13.2. The summed E-state index contributed by atoms with van der Waals surface area (Å²) in [6.07, 6.45) is -5.68.